The van der Waals surface area contributed by atoms with Gasteiger partial charge in [0, 0.05) is 5.54 Å². The van der Waals surface area contributed by atoms with Crippen LogP contribution in [0.25, 0.3) is 0 Å². The van der Waals surface area contributed by atoms with Crippen molar-refractivity contribution in [2.75, 3.05) is 0 Å². The summed E-state index contributed by atoms with van der Waals surface area (Å²) in [4.78, 5) is 28.4. The van der Waals surface area contributed by atoms with Gasteiger partial charge in [0.25, 0.3) is 5.91 Å². The maximum Gasteiger partial charge on any atom is 0.270 e. The Morgan fingerprint density at radius 2 is 1.91 bits per heavy atom. The fourth-order valence-electron chi connectivity index (χ4n) is 5.51. The lowest BCUT2D eigenvalue weighted by Crippen LogP contribution is -2.65. The van der Waals surface area contributed by atoms with Crippen LogP contribution in [0.2, 0.25) is 0 Å². The van der Waals surface area contributed by atoms with Gasteiger partial charge in [-0.25, -0.2) is 9.37 Å². The molecule has 4 bridgehead atoms. The summed E-state index contributed by atoms with van der Waals surface area (Å²) in [5, 5.41) is 3.11. The summed E-state index contributed by atoms with van der Waals surface area (Å²) in [6.45, 7) is 0. The Bertz CT molecular complexity index is 659. The average molecular weight is 317 g/mol. The largest absolute Gasteiger partial charge is 0.369 e. The third-order valence-electron chi connectivity index (χ3n) is 5.92. The molecule has 1 aromatic rings. The zero-order valence-corrected chi connectivity index (χ0v) is 12.8. The van der Waals surface area contributed by atoms with Crippen molar-refractivity contribution in [3.63, 3.8) is 0 Å². The van der Waals surface area contributed by atoms with Gasteiger partial charge in [-0.05, 0) is 62.5 Å². The highest BCUT2D eigenvalue weighted by Gasteiger charge is 2.60. The molecule has 2 amide bonds. The van der Waals surface area contributed by atoms with Crippen LogP contribution in [0.3, 0.4) is 0 Å². The van der Waals surface area contributed by atoms with Crippen molar-refractivity contribution in [3.05, 3.63) is 29.8 Å². The number of rotatable bonds is 3. The number of hydrogen-bond donors (Lipinski definition) is 2. The van der Waals surface area contributed by atoms with E-state index < -0.39 is 11.2 Å². The van der Waals surface area contributed by atoms with Crippen LogP contribution in [0, 0.1) is 23.1 Å². The first-order chi connectivity index (χ1) is 10.9. The molecule has 0 aliphatic heterocycles. The molecule has 0 aromatic carbocycles. The van der Waals surface area contributed by atoms with Crippen LogP contribution < -0.4 is 11.1 Å². The number of nitrogens with zero attached hydrogens (tertiary/aromatic N) is 1. The summed E-state index contributed by atoms with van der Waals surface area (Å²) in [6, 6.07) is 2.61. The quantitative estimate of drug-likeness (QED) is 0.891. The van der Waals surface area contributed by atoms with E-state index in [4.69, 9.17) is 5.73 Å². The van der Waals surface area contributed by atoms with Crippen LogP contribution in [-0.4, -0.2) is 22.3 Å². The van der Waals surface area contributed by atoms with Gasteiger partial charge in [-0.3, -0.25) is 9.59 Å². The molecule has 6 heteroatoms. The number of carbonyl (C=O) groups excluding carboxylic acids is 2. The van der Waals surface area contributed by atoms with Crippen LogP contribution in [-0.2, 0) is 4.79 Å². The first-order valence-corrected chi connectivity index (χ1v) is 8.14. The van der Waals surface area contributed by atoms with Crippen molar-refractivity contribution in [2.24, 2.45) is 23.0 Å². The lowest BCUT2D eigenvalue weighted by molar-refractivity contribution is -0.146. The van der Waals surface area contributed by atoms with Crippen molar-refractivity contribution in [3.8, 4) is 0 Å². The van der Waals surface area contributed by atoms with Gasteiger partial charge in [0.2, 0.25) is 5.91 Å². The molecule has 122 valence electrons. The number of aromatic nitrogens is 1. The fourth-order valence-corrected chi connectivity index (χ4v) is 5.51. The van der Waals surface area contributed by atoms with Crippen LogP contribution in [0.1, 0.15) is 49.0 Å². The Hall–Kier alpha value is -1.98. The van der Waals surface area contributed by atoms with Gasteiger partial charge in [0.05, 0.1) is 11.6 Å². The van der Waals surface area contributed by atoms with E-state index in [2.05, 4.69) is 10.3 Å². The van der Waals surface area contributed by atoms with E-state index in [-0.39, 0.29) is 23.0 Å². The highest BCUT2D eigenvalue weighted by molar-refractivity contribution is 5.93. The first kappa shape index (κ1) is 14.6. The maximum absolute atomic E-state index is 13.0. The van der Waals surface area contributed by atoms with Crippen molar-refractivity contribution in [1.29, 1.82) is 0 Å². The van der Waals surface area contributed by atoms with E-state index in [1.165, 1.54) is 12.1 Å². The number of primary amides is 1. The number of halogens is 1. The summed E-state index contributed by atoms with van der Waals surface area (Å²) in [5.74, 6) is -0.101. The Balaban J connectivity index is 1.60. The molecule has 4 aliphatic carbocycles. The molecule has 0 spiro atoms. The minimum absolute atomic E-state index is 0.204. The van der Waals surface area contributed by atoms with Crippen molar-refractivity contribution < 1.29 is 14.0 Å². The normalized spacial score (nSPS) is 37.6. The van der Waals surface area contributed by atoms with Gasteiger partial charge >= 0.3 is 0 Å². The van der Waals surface area contributed by atoms with Crippen molar-refractivity contribution in [1.82, 2.24) is 10.3 Å². The van der Waals surface area contributed by atoms with Gasteiger partial charge < -0.3 is 11.1 Å². The SMILES string of the molecule is NC(=O)C12CC3CC(CC(NC(=O)c4ccc(F)cn4)(C3)C1)C2. The lowest BCUT2D eigenvalue weighted by atomic mass is 9.46. The highest BCUT2D eigenvalue weighted by atomic mass is 19.1. The van der Waals surface area contributed by atoms with Gasteiger partial charge in [0.1, 0.15) is 11.5 Å². The molecule has 23 heavy (non-hydrogen) atoms. The van der Waals surface area contributed by atoms with Gasteiger partial charge in [-0.2, -0.15) is 0 Å². The molecule has 5 rings (SSSR count). The molecule has 3 N–H and O–H groups in total. The highest BCUT2D eigenvalue weighted by Crippen LogP contribution is 2.61. The predicted octanol–water partition coefficient (Wildman–Crippen LogP) is 1.77. The molecule has 5 nitrogen and oxygen atoms in total. The number of carbonyl (C=O) groups is 2. The fraction of sp³-hybridized carbons (Fsp3) is 0.588. The Morgan fingerprint density at radius 1 is 1.22 bits per heavy atom. The Labute approximate surface area is 133 Å². The molecule has 0 radical (unpaired) electrons. The molecular weight excluding hydrogens is 297 g/mol. The zero-order chi connectivity index (χ0) is 16.2. The molecule has 2 atom stereocenters. The summed E-state index contributed by atoms with van der Waals surface area (Å²) in [5.41, 5.74) is 5.07. The van der Waals surface area contributed by atoms with E-state index in [0.717, 1.165) is 38.3 Å². The van der Waals surface area contributed by atoms with Crippen LogP contribution in [0.5, 0.6) is 0 Å². The number of amides is 2. The van der Waals surface area contributed by atoms with Gasteiger partial charge in [0.15, 0.2) is 0 Å². The first-order valence-electron chi connectivity index (χ1n) is 8.14. The molecule has 0 saturated heterocycles. The second kappa shape index (κ2) is 4.76. The number of hydrogen-bond acceptors (Lipinski definition) is 3. The predicted molar refractivity (Wildman–Crippen MR) is 80.7 cm³/mol. The van der Waals surface area contributed by atoms with Crippen molar-refractivity contribution >= 4 is 11.8 Å². The minimum Gasteiger partial charge on any atom is -0.369 e. The Kier molecular flexibility index (Phi) is 3.02. The minimum atomic E-state index is -0.468. The average Bonchev–Trinajstić information content (AvgIpc) is 2.45. The molecule has 4 saturated carbocycles. The summed E-state index contributed by atoms with van der Waals surface area (Å²) < 4.78 is 13.0. The number of nitrogens with one attached hydrogen (secondary N) is 1. The van der Waals surface area contributed by atoms with E-state index >= 15 is 0 Å². The standard InChI is InChI=1S/C17H20FN3O2/c18-12-1-2-13(20-8-12)14(22)21-17-6-10-3-11(7-17)5-16(4-10,9-17)15(19)23/h1-2,8,10-11H,3-7,9H2,(H2,19,23)(H,21,22). The second-order valence-electron chi connectivity index (χ2n) is 7.70. The number of nitrogens with two attached hydrogens (primary N) is 1. The molecule has 1 heterocycles. The summed E-state index contributed by atoms with van der Waals surface area (Å²) in [6.07, 6.45) is 6.28. The monoisotopic (exact) mass is 317 g/mol. The lowest BCUT2D eigenvalue weighted by Gasteiger charge is -2.61. The molecular formula is C17H20FN3O2. The van der Waals surface area contributed by atoms with Crippen molar-refractivity contribution in [2.45, 2.75) is 44.1 Å². The second-order valence-corrected chi connectivity index (χ2v) is 7.70. The van der Waals surface area contributed by atoms with E-state index in [1.54, 1.807) is 0 Å². The van der Waals surface area contributed by atoms with E-state index in [0.29, 0.717) is 18.3 Å². The molecule has 4 fully saturated rings. The summed E-state index contributed by atoms with van der Waals surface area (Å²) in [7, 11) is 0. The molecule has 4 aliphatic rings. The van der Waals surface area contributed by atoms with Gasteiger partial charge in [-0.1, -0.05) is 0 Å². The van der Waals surface area contributed by atoms with E-state index in [9.17, 15) is 14.0 Å². The molecule has 1 aromatic heterocycles. The third-order valence-corrected chi connectivity index (χ3v) is 5.92. The maximum atomic E-state index is 13.0. The smallest absolute Gasteiger partial charge is 0.270 e. The number of pyridine rings is 1. The Morgan fingerprint density at radius 3 is 2.48 bits per heavy atom. The summed E-state index contributed by atoms with van der Waals surface area (Å²) >= 11 is 0. The van der Waals surface area contributed by atoms with E-state index in [1.807, 2.05) is 0 Å². The van der Waals surface area contributed by atoms with Crippen LogP contribution in [0.15, 0.2) is 18.3 Å². The van der Waals surface area contributed by atoms with Crippen LogP contribution >= 0.6 is 0 Å². The zero-order valence-electron chi connectivity index (χ0n) is 12.8. The van der Waals surface area contributed by atoms with Gasteiger partial charge in [-0.15, -0.1) is 0 Å². The van der Waals surface area contributed by atoms with Crippen LogP contribution in [0.4, 0.5) is 4.39 Å². The third kappa shape index (κ3) is 2.31. The topological polar surface area (TPSA) is 85.1 Å². The molecule has 2 unspecified atom stereocenters.